The molecule has 1 saturated heterocycles. The van der Waals surface area contributed by atoms with Crippen LogP contribution in [-0.2, 0) is 16.1 Å². The first-order chi connectivity index (χ1) is 12.0. The van der Waals surface area contributed by atoms with Gasteiger partial charge in [0.15, 0.2) is 5.16 Å². The molecule has 134 valence electrons. The molecule has 0 bridgehead atoms. The number of halogens is 2. The van der Waals surface area contributed by atoms with Gasteiger partial charge in [0.1, 0.15) is 5.82 Å². The molecule has 25 heavy (non-hydrogen) atoms. The van der Waals surface area contributed by atoms with Gasteiger partial charge in [0.25, 0.3) is 0 Å². The summed E-state index contributed by atoms with van der Waals surface area (Å²) in [5.74, 6) is -1.02. The molecule has 0 radical (unpaired) electrons. The SMILES string of the molecule is O=C(CSc1n[nH]c(=O)n1CC1CCCO1)Nc1cc(Cl)ccc1F. The summed E-state index contributed by atoms with van der Waals surface area (Å²) in [6.07, 6.45) is 1.83. The quantitative estimate of drug-likeness (QED) is 0.743. The van der Waals surface area contributed by atoms with Crippen molar-refractivity contribution in [3.05, 3.63) is 39.5 Å². The second-order valence-electron chi connectivity index (χ2n) is 5.52. The highest BCUT2D eigenvalue weighted by atomic mass is 35.5. The lowest BCUT2D eigenvalue weighted by Gasteiger charge is -2.11. The Hall–Kier alpha value is -1.84. The Kier molecular flexibility index (Phi) is 5.77. The molecule has 1 fully saturated rings. The fourth-order valence-electron chi connectivity index (χ4n) is 2.48. The number of H-pyrrole nitrogens is 1. The number of nitrogens with one attached hydrogen (secondary N) is 2. The molecular formula is C15H16ClFN4O3S. The number of rotatable bonds is 6. The van der Waals surface area contributed by atoms with E-state index in [9.17, 15) is 14.0 Å². The van der Waals surface area contributed by atoms with Crippen molar-refractivity contribution in [1.29, 1.82) is 0 Å². The Morgan fingerprint density at radius 2 is 2.40 bits per heavy atom. The van der Waals surface area contributed by atoms with E-state index >= 15 is 0 Å². The Morgan fingerprint density at radius 3 is 3.16 bits per heavy atom. The molecular weight excluding hydrogens is 371 g/mol. The summed E-state index contributed by atoms with van der Waals surface area (Å²) in [5.41, 5.74) is -0.337. The van der Waals surface area contributed by atoms with Crippen LogP contribution in [0.2, 0.25) is 5.02 Å². The summed E-state index contributed by atoms with van der Waals surface area (Å²) in [7, 11) is 0. The fraction of sp³-hybridized carbons (Fsp3) is 0.400. The van der Waals surface area contributed by atoms with Crippen molar-refractivity contribution >= 4 is 35.0 Å². The topological polar surface area (TPSA) is 89.0 Å². The highest BCUT2D eigenvalue weighted by molar-refractivity contribution is 7.99. The minimum Gasteiger partial charge on any atom is -0.376 e. The van der Waals surface area contributed by atoms with Crippen molar-refractivity contribution in [3.8, 4) is 0 Å². The zero-order valence-electron chi connectivity index (χ0n) is 13.1. The van der Waals surface area contributed by atoms with Gasteiger partial charge in [-0.15, -0.1) is 5.10 Å². The predicted octanol–water partition coefficient (Wildman–Crippen LogP) is 2.27. The van der Waals surface area contributed by atoms with Gasteiger partial charge in [-0.2, -0.15) is 0 Å². The molecule has 0 aliphatic carbocycles. The molecule has 1 aliphatic heterocycles. The Balaban J connectivity index is 1.60. The summed E-state index contributed by atoms with van der Waals surface area (Å²) >= 11 is 6.88. The van der Waals surface area contributed by atoms with E-state index in [0.29, 0.717) is 23.3 Å². The van der Waals surface area contributed by atoms with E-state index in [-0.39, 0.29) is 23.2 Å². The number of carbonyl (C=O) groups is 1. The Labute approximate surface area is 151 Å². The van der Waals surface area contributed by atoms with Gasteiger partial charge in [0.05, 0.1) is 24.1 Å². The fourth-order valence-corrected chi connectivity index (χ4v) is 3.40. The van der Waals surface area contributed by atoms with E-state index in [0.717, 1.165) is 24.6 Å². The van der Waals surface area contributed by atoms with Gasteiger partial charge in [-0.05, 0) is 31.0 Å². The molecule has 3 rings (SSSR count). The smallest absolute Gasteiger partial charge is 0.344 e. The van der Waals surface area contributed by atoms with Gasteiger partial charge < -0.3 is 10.1 Å². The van der Waals surface area contributed by atoms with E-state index in [2.05, 4.69) is 15.5 Å². The minimum absolute atomic E-state index is 0.0110. The standard InChI is InChI=1S/C15H16ClFN4O3S/c16-9-3-4-11(17)12(6-9)18-13(22)8-25-15-20-19-14(23)21(15)7-10-2-1-5-24-10/h3-4,6,10H,1-2,5,7-8H2,(H,18,22)(H,19,23). The minimum atomic E-state index is -0.571. The number of amides is 1. The first-order valence-electron chi connectivity index (χ1n) is 7.67. The van der Waals surface area contributed by atoms with Crippen molar-refractivity contribution in [2.75, 3.05) is 17.7 Å². The molecule has 1 aliphatic rings. The third kappa shape index (κ3) is 4.62. The molecule has 2 aromatic rings. The Morgan fingerprint density at radius 1 is 1.56 bits per heavy atom. The lowest BCUT2D eigenvalue weighted by molar-refractivity contribution is -0.113. The number of hydrogen-bond donors (Lipinski definition) is 2. The maximum Gasteiger partial charge on any atom is 0.344 e. The van der Waals surface area contributed by atoms with Gasteiger partial charge >= 0.3 is 5.69 Å². The first-order valence-corrected chi connectivity index (χ1v) is 9.04. The molecule has 0 spiro atoms. The second kappa shape index (κ2) is 8.03. The average Bonchev–Trinajstić information content (AvgIpc) is 3.21. The molecule has 1 atom stereocenters. The van der Waals surface area contributed by atoms with Gasteiger partial charge in [-0.1, -0.05) is 23.4 Å². The number of thioether (sulfide) groups is 1. The molecule has 2 heterocycles. The van der Waals surface area contributed by atoms with Crippen LogP contribution >= 0.6 is 23.4 Å². The first kappa shape index (κ1) is 18.0. The third-order valence-electron chi connectivity index (χ3n) is 3.67. The number of carbonyl (C=O) groups excluding carboxylic acids is 1. The van der Waals surface area contributed by atoms with Crippen molar-refractivity contribution in [2.24, 2.45) is 0 Å². The number of aromatic amines is 1. The summed E-state index contributed by atoms with van der Waals surface area (Å²) in [4.78, 5) is 23.9. The van der Waals surface area contributed by atoms with Crippen LogP contribution in [0.25, 0.3) is 0 Å². The largest absolute Gasteiger partial charge is 0.376 e. The van der Waals surface area contributed by atoms with Crippen LogP contribution < -0.4 is 11.0 Å². The van der Waals surface area contributed by atoms with Crippen LogP contribution in [0.4, 0.5) is 10.1 Å². The van der Waals surface area contributed by atoms with E-state index in [1.54, 1.807) is 0 Å². The second-order valence-corrected chi connectivity index (χ2v) is 6.90. The van der Waals surface area contributed by atoms with E-state index in [1.165, 1.54) is 22.8 Å². The van der Waals surface area contributed by atoms with Gasteiger partial charge in [-0.25, -0.2) is 14.3 Å². The number of hydrogen-bond acceptors (Lipinski definition) is 5. The van der Waals surface area contributed by atoms with E-state index < -0.39 is 11.7 Å². The molecule has 1 amide bonds. The molecule has 10 heteroatoms. The van der Waals surface area contributed by atoms with Crippen LogP contribution in [0.3, 0.4) is 0 Å². The predicted molar refractivity (Wildman–Crippen MR) is 92.6 cm³/mol. The van der Waals surface area contributed by atoms with Crippen LogP contribution in [-0.4, -0.2) is 39.1 Å². The van der Waals surface area contributed by atoms with Crippen LogP contribution in [0.5, 0.6) is 0 Å². The van der Waals surface area contributed by atoms with Crippen molar-refractivity contribution in [1.82, 2.24) is 14.8 Å². The number of benzene rings is 1. The molecule has 1 aromatic carbocycles. The Bertz CT molecular complexity index is 819. The lowest BCUT2D eigenvalue weighted by atomic mass is 10.2. The monoisotopic (exact) mass is 386 g/mol. The van der Waals surface area contributed by atoms with Gasteiger partial charge in [0.2, 0.25) is 5.91 Å². The summed E-state index contributed by atoms with van der Waals surface area (Å²) in [5, 5.41) is 9.46. The number of aromatic nitrogens is 3. The molecule has 2 N–H and O–H groups in total. The summed E-state index contributed by atoms with van der Waals surface area (Å²) in [6.45, 7) is 1.08. The van der Waals surface area contributed by atoms with Crippen LogP contribution in [0.1, 0.15) is 12.8 Å². The van der Waals surface area contributed by atoms with Crippen molar-refractivity contribution in [3.63, 3.8) is 0 Å². The normalized spacial score (nSPS) is 17.0. The van der Waals surface area contributed by atoms with Gasteiger partial charge in [-0.3, -0.25) is 9.36 Å². The zero-order chi connectivity index (χ0) is 17.8. The summed E-state index contributed by atoms with van der Waals surface area (Å²) in [6, 6.07) is 3.91. The number of nitrogens with zero attached hydrogens (tertiary/aromatic N) is 2. The van der Waals surface area contributed by atoms with Crippen molar-refractivity contribution < 1.29 is 13.9 Å². The van der Waals surface area contributed by atoms with Crippen LogP contribution in [0.15, 0.2) is 28.2 Å². The molecule has 7 nitrogen and oxygen atoms in total. The maximum absolute atomic E-state index is 13.6. The number of ether oxygens (including phenoxy) is 1. The van der Waals surface area contributed by atoms with E-state index in [4.69, 9.17) is 16.3 Å². The van der Waals surface area contributed by atoms with Crippen LogP contribution in [0, 0.1) is 5.82 Å². The zero-order valence-corrected chi connectivity index (χ0v) is 14.7. The third-order valence-corrected chi connectivity index (χ3v) is 4.88. The average molecular weight is 387 g/mol. The molecule has 0 saturated carbocycles. The number of anilines is 1. The van der Waals surface area contributed by atoms with E-state index in [1.807, 2.05) is 0 Å². The maximum atomic E-state index is 13.6. The summed E-state index contributed by atoms with van der Waals surface area (Å²) < 4.78 is 20.6. The van der Waals surface area contributed by atoms with Gasteiger partial charge in [0, 0.05) is 11.6 Å². The lowest BCUT2D eigenvalue weighted by Crippen LogP contribution is -2.25. The molecule has 1 unspecified atom stereocenters. The molecule has 1 aromatic heterocycles. The highest BCUT2D eigenvalue weighted by Gasteiger charge is 2.20. The highest BCUT2D eigenvalue weighted by Crippen LogP contribution is 2.21. The van der Waals surface area contributed by atoms with Crippen molar-refractivity contribution in [2.45, 2.75) is 30.6 Å².